The summed E-state index contributed by atoms with van der Waals surface area (Å²) in [4.78, 5) is 34.9. The van der Waals surface area contributed by atoms with Crippen LogP contribution in [0.4, 0.5) is 4.79 Å². The molecule has 2 unspecified atom stereocenters. The van der Waals surface area contributed by atoms with Gasteiger partial charge in [0, 0.05) is 6.54 Å². The zero-order valence-corrected chi connectivity index (χ0v) is 12.3. The highest BCUT2D eigenvalue weighted by atomic mass is 16.7. The normalized spacial score (nSPS) is 20.3. The summed E-state index contributed by atoms with van der Waals surface area (Å²) in [5, 5.41) is 18.0. The first-order valence-corrected chi connectivity index (χ1v) is 6.99. The highest BCUT2D eigenvalue weighted by Gasteiger charge is 2.43. The minimum atomic E-state index is -1.25. The number of hydrogen-bond acceptors (Lipinski definition) is 5. The molecule has 23 heavy (non-hydrogen) atoms. The van der Waals surface area contributed by atoms with Gasteiger partial charge < -0.3 is 19.7 Å². The van der Waals surface area contributed by atoms with Gasteiger partial charge in [0.2, 0.25) is 0 Å². The van der Waals surface area contributed by atoms with Crippen LogP contribution in [0.3, 0.4) is 0 Å². The second kappa shape index (κ2) is 7.59. The summed E-state index contributed by atoms with van der Waals surface area (Å²) in [6, 6.07) is 8.05. The van der Waals surface area contributed by atoms with Crippen LogP contribution in [-0.2, 0) is 25.7 Å². The van der Waals surface area contributed by atoms with Gasteiger partial charge in [-0.2, -0.15) is 0 Å². The molecule has 1 saturated heterocycles. The van der Waals surface area contributed by atoms with Gasteiger partial charge in [0.05, 0.1) is 12.5 Å². The van der Waals surface area contributed by atoms with Gasteiger partial charge in [0.15, 0.2) is 6.79 Å². The molecule has 0 aliphatic carbocycles. The Hall–Kier alpha value is -2.61. The van der Waals surface area contributed by atoms with Gasteiger partial charge in [0.1, 0.15) is 6.04 Å². The summed E-state index contributed by atoms with van der Waals surface area (Å²) in [7, 11) is 0. The number of carbonyl (C=O) groups excluding carboxylic acids is 1. The maximum Gasteiger partial charge on any atom is 0.412 e. The van der Waals surface area contributed by atoms with E-state index in [1.54, 1.807) is 0 Å². The molecule has 1 aromatic carbocycles. The monoisotopic (exact) mass is 323 g/mol. The molecule has 8 heteroatoms. The van der Waals surface area contributed by atoms with E-state index in [9.17, 15) is 14.4 Å². The van der Waals surface area contributed by atoms with Crippen LogP contribution >= 0.6 is 0 Å². The maximum atomic E-state index is 11.9. The molecule has 8 nitrogen and oxygen atoms in total. The van der Waals surface area contributed by atoms with Crippen molar-refractivity contribution < 1.29 is 34.1 Å². The summed E-state index contributed by atoms with van der Waals surface area (Å²) >= 11 is 0. The summed E-state index contributed by atoms with van der Waals surface area (Å²) in [6.07, 6.45) is -1.03. The highest BCUT2D eigenvalue weighted by Crippen LogP contribution is 2.24. The third-order valence-corrected chi connectivity index (χ3v) is 3.55. The average molecular weight is 323 g/mol. The Bertz CT molecular complexity index is 574. The number of amides is 1. The van der Waals surface area contributed by atoms with Crippen LogP contribution in [-0.4, -0.2) is 52.5 Å². The highest BCUT2D eigenvalue weighted by molar-refractivity contribution is 5.83. The standard InChI is InChI=1S/C15H17NO7/c17-13(18)11-6-12(14(19)20)16(7-11)15(21)23-9-22-8-10-4-2-1-3-5-10/h1-5,11-12H,6-9H2,(H,17,18)(H,19,20). The van der Waals surface area contributed by atoms with Gasteiger partial charge in [-0.25, -0.2) is 9.59 Å². The van der Waals surface area contributed by atoms with E-state index in [1.165, 1.54) is 0 Å². The number of hydrogen-bond donors (Lipinski definition) is 2. The molecular weight excluding hydrogens is 306 g/mol. The van der Waals surface area contributed by atoms with E-state index in [0.29, 0.717) is 0 Å². The first kappa shape index (κ1) is 16.8. The number of likely N-dealkylation sites (tertiary alicyclic amines) is 1. The molecule has 0 aromatic heterocycles. The van der Waals surface area contributed by atoms with Crippen molar-refractivity contribution in [1.29, 1.82) is 0 Å². The van der Waals surface area contributed by atoms with Gasteiger partial charge in [-0.3, -0.25) is 9.69 Å². The molecule has 1 aromatic rings. The molecular formula is C15H17NO7. The summed E-state index contributed by atoms with van der Waals surface area (Å²) in [5.41, 5.74) is 0.902. The van der Waals surface area contributed by atoms with Crippen LogP contribution in [0.5, 0.6) is 0 Å². The van der Waals surface area contributed by atoms with E-state index in [4.69, 9.17) is 19.7 Å². The molecule has 1 aliphatic heterocycles. The summed E-state index contributed by atoms with van der Waals surface area (Å²) in [5.74, 6) is -3.29. The molecule has 0 radical (unpaired) electrons. The van der Waals surface area contributed by atoms with Crippen LogP contribution in [0.15, 0.2) is 30.3 Å². The summed E-state index contributed by atoms with van der Waals surface area (Å²) < 4.78 is 10.1. The summed E-state index contributed by atoms with van der Waals surface area (Å²) in [6.45, 7) is -0.285. The molecule has 0 bridgehead atoms. The fourth-order valence-electron chi connectivity index (χ4n) is 2.36. The third kappa shape index (κ3) is 4.43. The lowest BCUT2D eigenvalue weighted by atomic mass is 10.1. The largest absolute Gasteiger partial charge is 0.481 e. The van der Waals surface area contributed by atoms with Crippen molar-refractivity contribution in [3.05, 3.63) is 35.9 Å². The van der Waals surface area contributed by atoms with Crippen LogP contribution in [0.25, 0.3) is 0 Å². The van der Waals surface area contributed by atoms with Crippen molar-refractivity contribution >= 4 is 18.0 Å². The lowest BCUT2D eigenvalue weighted by molar-refractivity contribution is -0.142. The average Bonchev–Trinajstić information content (AvgIpc) is 2.98. The lowest BCUT2D eigenvalue weighted by Crippen LogP contribution is -2.41. The van der Waals surface area contributed by atoms with Crippen molar-refractivity contribution in [2.75, 3.05) is 13.3 Å². The molecule has 2 N–H and O–H groups in total. The third-order valence-electron chi connectivity index (χ3n) is 3.55. The first-order valence-electron chi connectivity index (χ1n) is 6.99. The molecule has 0 spiro atoms. The van der Waals surface area contributed by atoms with E-state index in [1.807, 2.05) is 30.3 Å². The van der Waals surface area contributed by atoms with E-state index >= 15 is 0 Å². The van der Waals surface area contributed by atoms with Gasteiger partial charge in [-0.15, -0.1) is 0 Å². The Kier molecular flexibility index (Phi) is 5.53. The fraction of sp³-hybridized carbons (Fsp3) is 0.400. The van der Waals surface area contributed by atoms with E-state index in [-0.39, 0.29) is 26.4 Å². The van der Waals surface area contributed by atoms with Crippen molar-refractivity contribution in [3.8, 4) is 0 Å². The number of aliphatic carboxylic acids is 2. The molecule has 124 valence electrons. The maximum absolute atomic E-state index is 11.9. The number of carbonyl (C=O) groups is 3. The van der Waals surface area contributed by atoms with E-state index in [2.05, 4.69) is 0 Å². The van der Waals surface area contributed by atoms with Crippen LogP contribution in [0.2, 0.25) is 0 Å². The minimum absolute atomic E-state index is 0.134. The smallest absolute Gasteiger partial charge is 0.412 e. The van der Waals surface area contributed by atoms with Gasteiger partial charge in [0.25, 0.3) is 0 Å². The van der Waals surface area contributed by atoms with E-state index < -0.39 is 30.0 Å². The predicted molar refractivity (Wildman–Crippen MR) is 76.5 cm³/mol. The number of carboxylic acids is 2. The van der Waals surface area contributed by atoms with Crippen LogP contribution in [0.1, 0.15) is 12.0 Å². The number of nitrogens with zero attached hydrogens (tertiary/aromatic N) is 1. The molecule has 1 aliphatic rings. The quantitative estimate of drug-likeness (QED) is 0.596. The minimum Gasteiger partial charge on any atom is -0.481 e. The zero-order chi connectivity index (χ0) is 16.8. The van der Waals surface area contributed by atoms with Gasteiger partial charge >= 0.3 is 18.0 Å². The van der Waals surface area contributed by atoms with Crippen molar-refractivity contribution in [2.45, 2.75) is 19.1 Å². The lowest BCUT2D eigenvalue weighted by Gasteiger charge is -2.20. The van der Waals surface area contributed by atoms with Crippen LogP contribution in [0, 0.1) is 5.92 Å². The second-order valence-electron chi connectivity index (χ2n) is 5.14. The fourth-order valence-corrected chi connectivity index (χ4v) is 2.36. The second-order valence-corrected chi connectivity index (χ2v) is 5.14. The van der Waals surface area contributed by atoms with Crippen molar-refractivity contribution in [3.63, 3.8) is 0 Å². The Morgan fingerprint density at radius 2 is 1.83 bits per heavy atom. The molecule has 2 atom stereocenters. The predicted octanol–water partition coefficient (Wildman–Crippen LogP) is 1.16. The number of rotatable bonds is 6. The number of ether oxygens (including phenoxy) is 2. The Balaban J connectivity index is 1.82. The molecule has 1 heterocycles. The Morgan fingerprint density at radius 1 is 1.13 bits per heavy atom. The molecule has 1 fully saturated rings. The van der Waals surface area contributed by atoms with Gasteiger partial charge in [-0.1, -0.05) is 30.3 Å². The van der Waals surface area contributed by atoms with Crippen molar-refractivity contribution in [2.24, 2.45) is 5.92 Å². The first-order chi connectivity index (χ1) is 11.0. The number of benzene rings is 1. The number of carboxylic acid groups (broad SMARTS) is 2. The Labute approximate surface area is 132 Å². The molecule has 1 amide bonds. The van der Waals surface area contributed by atoms with Crippen LogP contribution < -0.4 is 0 Å². The van der Waals surface area contributed by atoms with Crippen molar-refractivity contribution in [1.82, 2.24) is 4.90 Å². The zero-order valence-electron chi connectivity index (χ0n) is 12.3. The molecule has 0 saturated carbocycles. The van der Waals surface area contributed by atoms with E-state index in [0.717, 1.165) is 10.5 Å². The van der Waals surface area contributed by atoms with Gasteiger partial charge in [-0.05, 0) is 12.0 Å². The molecule has 2 rings (SSSR count). The topological polar surface area (TPSA) is 113 Å². The SMILES string of the molecule is O=C(O)C1CC(C(=O)O)N(C(=O)OCOCc2ccccc2)C1. The Morgan fingerprint density at radius 3 is 2.43 bits per heavy atom.